The topological polar surface area (TPSA) is 57.7 Å². The summed E-state index contributed by atoms with van der Waals surface area (Å²) in [6.07, 6.45) is 4.30. The molecule has 122 valence electrons. The summed E-state index contributed by atoms with van der Waals surface area (Å²) >= 11 is 6.91. The van der Waals surface area contributed by atoms with Crippen LogP contribution in [0.15, 0.2) is 16.3 Å². The van der Waals surface area contributed by atoms with Crippen LogP contribution in [-0.4, -0.2) is 49.2 Å². The third kappa shape index (κ3) is 3.04. The number of likely N-dealkylation sites (tertiary alicyclic amines) is 1. The molecule has 0 bridgehead atoms. The third-order valence-electron chi connectivity index (χ3n) is 4.27. The van der Waals surface area contributed by atoms with E-state index in [-0.39, 0.29) is 10.1 Å². The van der Waals surface area contributed by atoms with Crippen LogP contribution in [0, 0.1) is 0 Å². The molecule has 1 aromatic rings. The molecule has 8 heteroatoms. The van der Waals surface area contributed by atoms with Gasteiger partial charge in [-0.25, -0.2) is 8.42 Å². The molecule has 3 rings (SSSR count). The average Bonchev–Trinajstić information content (AvgIpc) is 3.18. The minimum absolute atomic E-state index is 0.0385. The Balaban J connectivity index is 1.87. The zero-order valence-electron chi connectivity index (χ0n) is 12.2. The number of sulfonamides is 1. The number of carbonyl (C=O) groups is 1. The number of hydrogen-bond acceptors (Lipinski definition) is 4. The van der Waals surface area contributed by atoms with Gasteiger partial charge in [0.25, 0.3) is 10.0 Å². The van der Waals surface area contributed by atoms with Crippen LogP contribution >= 0.6 is 22.9 Å². The summed E-state index contributed by atoms with van der Waals surface area (Å²) in [6.45, 7) is 1.89. The fraction of sp³-hybridized carbons (Fsp3) is 0.643. The summed E-state index contributed by atoms with van der Waals surface area (Å²) in [6, 6.07) is 2.55. The second-order valence-corrected chi connectivity index (χ2v) is 9.55. The Morgan fingerprint density at radius 2 is 1.82 bits per heavy atom. The predicted octanol–water partition coefficient (Wildman–Crippen LogP) is 2.57. The molecule has 0 saturated carbocycles. The molecule has 0 radical (unpaired) electrons. The van der Waals surface area contributed by atoms with Crippen molar-refractivity contribution in [3.63, 3.8) is 0 Å². The summed E-state index contributed by atoms with van der Waals surface area (Å²) in [5, 5.41) is 0. The zero-order chi connectivity index (χ0) is 15.7. The van der Waals surface area contributed by atoms with Gasteiger partial charge < -0.3 is 4.90 Å². The van der Waals surface area contributed by atoms with Crippen LogP contribution in [0.2, 0.25) is 4.34 Å². The van der Waals surface area contributed by atoms with Gasteiger partial charge in [-0.05, 0) is 37.8 Å². The van der Waals surface area contributed by atoms with Crippen LogP contribution in [0.25, 0.3) is 0 Å². The first-order chi connectivity index (χ1) is 10.5. The average molecular weight is 363 g/mol. The van der Waals surface area contributed by atoms with Crippen molar-refractivity contribution in [1.82, 2.24) is 9.21 Å². The lowest BCUT2D eigenvalue weighted by Gasteiger charge is -2.35. The first-order valence-electron chi connectivity index (χ1n) is 7.56. The molecule has 0 aromatic carbocycles. The monoisotopic (exact) mass is 362 g/mol. The van der Waals surface area contributed by atoms with E-state index in [2.05, 4.69) is 0 Å². The normalized spacial score (nSPS) is 23.9. The highest BCUT2D eigenvalue weighted by Gasteiger charge is 2.40. The van der Waals surface area contributed by atoms with Crippen molar-refractivity contribution in [2.45, 2.75) is 42.4 Å². The first kappa shape index (κ1) is 16.2. The Hall–Kier alpha value is -0.630. The van der Waals surface area contributed by atoms with Gasteiger partial charge in [0, 0.05) is 19.6 Å². The van der Waals surface area contributed by atoms with Gasteiger partial charge in [-0.15, -0.1) is 11.3 Å². The van der Waals surface area contributed by atoms with E-state index in [1.54, 1.807) is 11.0 Å². The number of hydrogen-bond donors (Lipinski definition) is 0. The lowest BCUT2D eigenvalue weighted by atomic mass is 10.0. The van der Waals surface area contributed by atoms with E-state index < -0.39 is 16.1 Å². The van der Waals surface area contributed by atoms with Crippen LogP contribution in [-0.2, 0) is 14.8 Å². The molecule has 3 heterocycles. The number of rotatable bonds is 3. The molecule has 0 spiro atoms. The van der Waals surface area contributed by atoms with Crippen LogP contribution in [0.1, 0.15) is 32.1 Å². The summed E-state index contributed by atoms with van der Waals surface area (Å²) in [7, 11) is -3.65. The molecule has 2 fully saturated rings. The summed E-state index contributed by atoms with van der Waals surface area (Å²) in [4.78, 5) is 14.5. The van der Waals surface area contributed by atoms with Crippen LogP contribution in [0.3, 0.4) is 0 Å². The molecule has 22 heavy (non-hydrogen) atoms. The third-order valence-corrected chi connectivity index (χ3v) is 7.87. The molecule has 1 aromatic heterocycles. The highest BCUT2D eigenvalue weighted by atomic mass is 35.5. The van der Waals surface area contributed by atoms with Crippen molar-refractivity contribution < 1.29 is 13.2 Å². The van der Waals surface area contributed by atoms with Gasteiger partial charge in [-0.3, -0.25) is 4.79 Å². The number of nitrogens with zero attached hydrogens (tertiary/aromatic N) is 2. The van der Waals surface area contributed by atoms with Crippen LogP contribution in [0.5, 0.6) is 0 Å². The molecule has 0 N–H and O–H groups in total. The number of piperidine rings is 1. The van der Waals surface area contributed by atoms with Gasteiger partial charge >= 0.3 is 0 Å². The SMILES string of the molecule is O=C([C@@H]1CCCCN1S(=O)(=O)c1ccc(Cl)s1)N1CCCC1. The quantitative estimate of drug-likeness (QED) is 0.830. The largest absolute Gasteiger partial charge is 0.341 e. The maximum absolute atomic E-state index is 12.8. The molecule has 5 nitrogen and oxygen atoms in total. The van der Waals surface area contributed by atoms with Gasteiger partial charge in [-0.2, -0.15) is 4.31 Å². The summed E-state index contributed by atoms with van der Waals surface area (Å²) in [5.74, 6) is -0.0385. The van der Waals surface area contributed by atoms with Crippen molar-refractivity contribution >= 4 is 38.9 Å². The molecule has 0 aliphatic carbocycles. The van der Waals surface area contributed by atoms with Gasteiger partial charge in [0.05, 0.1) is 4.34 Å². The highest BCUT2D eigenvalue weighted by molar-refractivity contribution is 7.91. The fourth-order valence-corrected chi connectivity index (χ4v) is 6.40. The molecule has 2 aliphatic heterocycles. The van der Waals surface area contributed by atoms with E-state index in [9.17, 15) is 13.2 Å². The molecule has 1 atom stereocenters. The standard InChI is InChI=1S/C14H19ClN2O3S2/c15-12-6-7-13(21-12)22(19,20)17-10-2-1-5-11(17)14(18)16-8-3-4-9-16/h6-7,11H,1-5,8-10H2/t11-/m0/s1. The molecule has 0 unspecified atom stereocenters. The van der Waals surface area contributed by atoms with Crippen molar-refractivity contribution in [1.29, 1.82) is 0 Å². The lowest BCUT2D eigenvalue weighted by Crippen LogP contribution is -2.52. The lowest BCUT2D eigenvalue weighted by molar-refractivity contribution is -0.135. The first-order valence-corrected chi connectivity index (χ1v) is 10.2. The molecular formula is C14H19ClN2O3S2. The van der Waals surface area contributed by atoms with E-state index >= 15 is 0 Å². The maximum atomic E-state index is 12.8. The molecule has 2 aliphatic rings. The van der Waals surface area contributed by atoms with E-state index in [1.165, 1.54) is 10.4 Å². The molecule has 2 saturated heterocycles. The van der Waals surface area contributed by atoms with Crippen LogP contribution in [0.4, 0.5) is 0 Å². The van der Waals surface area contributed by atoms with E-state index in [1.807, 2.05) is 0 Å². The van der Waals surface area contributed by atoms with Crippen molar-refractivity contribution in [2.24, 2.45) is 0 Å². The highest BCUT2D eigenvalue weighted by Crippen LogP contribution is 2.32. The van der Waals surface area contributed by atoms with Gasteiger partial charge in [-0.1, -0.05) is 18.0 Å². The van der Waals surface area contributed by atoms with Crippen molar-refractivity contribution in [3.05, 3.63) is 16.5 Å². The minimum atomic E-state index is -3.65. The Morgan fingerprint density at radius 1 is 1.14 bits per heavy atom. The smallest absolute Gasteiger partial charge is 0.253 e. The van der Waals surface area contributed by atoms with E-state index in [0.717, 1.165) is 50.1 Å². The Labute approximate surface area is 139 Å². The van der Waals surface area contributed by atoms with Gasteiger partial charge in [0.2, 0.25) is 5.91 Å². The second kappa shape index (κ2) is 6.47. The Kier molecular flexibility index (Phi) is 4.77. The van der Waals surface area contributed by atoms with Crippen LogP contribution < -0.4 is 0 Å². The van der Waals surface area contributed by atoms with Crippen molar-refractivity contribution in [3.8, 4) is 0 Å². The Bertz CT molecular complexity index is 653. The van der Waals surface area contributed by atoms with Crippen molar-refractivity contribution in [2.75, 3.05) is 19.6 Å². The maximum Gasteiger partial charge on any atom is 0.253 e. The summed E-state index contributed by atoms with van der Waals surface area (Å²) < 4.78 is 27.7. The zero-order valence-corrected chi connectivity index (χ0v) is 14.6. The molecular weight excluding hydrogens is 344 g/mol. The Morgan fingerprint density at radius 3 is 2.45 bits per heavy atom. The van der Waals surface area contributed by atoms with Gasteiger partial charge in [0.15, 0.2) is 0 Å². The second-order valence-electron chi connectivity index (χ2n) is 5.72. The number of halogens is 1. The van der Waals surface area contributed by atoms with E-state index in [0.29, 0.717) is 17.3 Å². The number of amides is 1. The fourth-order valence-electron chi connectivity index (χ4n) is 3.14. The van der Waals surface area contributed by atoms with E-state index in [4.69, 9.17) is 11.6 Å². The number of carbonyl (C=O) groups excluding carboxylic acids is 1. The molecule has 1 amide bonds. The predicted molar refractivity (Wildman–Crippen MR) is 86.7 cm³/mol. The minimum Gasteiger partial charge on any atom is -0.341 e. The van der Waals surface area contributed by atoms with Gasteiger partial charge in [0.1, 0.15) is 10.3 Å². The number of thiophene rings is 1. The summed E-state index contributed by atoms with van der Waals surface area (Å²) in [5.41, 5.74) is 0.